The molecule has 0 unspecified atom stereocenters. The van der Waals surface area contributed by atoms with Crippen LogP contribution in [0.5, 0.6) is 0 Å². The summed E-state index contributed by atoms with van der Waals surface area (Å²) in [5.74, 6) is 0. The fourth-order valence-electron chi connectivity index (χ4n) is 2.03. The number of piperidine rings is 1. The molecule has 0 atom stereocenters. The predicted octanol–water partition coefficient (Wildman–Crippen LogP) is 4.21. The molecule has 1 fully saturated rings. The Bertz CT molecular complexity index is 406. The van der Waals surface area contributed by atoms with Crippen LogP contribution in [-0.4, -0.2) is 6.54 Å². The summed E-state index contributed by atoms with van der Waals surface area (Å²) in [5.41, 5.74) is 1.17. The van der Waals surface area contributed by atoms with Gasteiger partial charge in [0.1, 0.15) is 0 Å². The van der Waals surface area contributed by atoms with Crippen LogP contribution in [0.2, 0.25) is 0 Å². The van der Waals surface area contributed by atoms with Gasteiger partial charge in [0.15, 0.2) is 0 Å². The lowest BCUT2D eigenvalue weighted by Crippen LogP contribution is -2.26. The van der Waals surface area contributed by atoms with Gasteiger partial charge in [-0.1, -0.05) is 6.58 Å². The molecule has 0 N–H and O–H groups in total. The minimum absolute atomic E-state index is 0.608. The molecule has 2 rings (SSSR count). The molecule has 0 bridgehead atoms. The fraction of sp³-hybridized carbons (Fsp3) is 0.385. The smallest absolute Gasteiger partial charge is 0.346 e. The number of anilines is 1. The summed E-state index contributed by atoms with van der Waals surface area (Å²) in [4.78, 5) is 1.99. The summed E-state index contributed by atoms with van der Waals surface area (Å²) >= 11 is 0. The highest BCUT2D eigenvalue weighted by molar-refractivity contribution is 5.53. The van der Waals surface area contributed by atoms with Crippen molar-refractivity contribution in [3.8, 4) is 0 Å². The van der Waals surface area contributed by atoms with E-state index in [4.69, 9.17) is 0 Å². The average molecular weight is 241 g/mol. The zero-order valence-corrected chi connectivity index (χ0v) is 9.43. The highest BCUT2D eigenvalue weighted by atomic mass is 19.4. The molecule has 0 radical (unpaired) electrons. The molecule has 1 heterocycles. The second-order valence-electron chi connectivity index (χ2n) is 4.22. The number of benzene rings is 1. The number of hydrogen-bond donors (Lipinski definition) is 0. The van der Waals surface area contributed by atoms with E-state index in [0.717, 1.165) is 49.3 Å². The van der Waals surface area contributed by atoms with Crippen molar-refractivity contribution in [2.75, 3.05) is 11.4 Å². The Labute approximate surface area is 98.5 Å². The van der Waals surface area contributed by atoms with E-state index >= 15 is 0 Å². The zero-order chi connectivity index (χ0) is 12.5. The standard InChI is InChI=1S/C13H14F3N/c1-10-4-2-3-9-17(10)12-7-5-11(6-8-12)13(14,15)16/h5-8H,1-4,9H2. The van der Waals surface area contributed by atoms with Gasteiger partial charge < -0.3 is 4.90 Å². The lowest BCUT2D eigenvalue weighted by molar-refractivity contribution is -0.137. The summed E-state index contributed by atoms with van der Waals surface area (Å²) in [6.07, 6.45) is -1.19. The number of alkyl halides is 3. The molecule has 1 aromatic rings. The van der Waals surface area contributed by atoms with Crippen molar-refractivity contribution in [1.82, 2.24) is 0 Å². The van der Waals surface area contributed by atoms with Crippen molar-refractivity contribution >= 4 is 5.69 Å². The van der Waals surface area contributed by atoms with Gasteiger partial charge in [0.2, 0.25) is 0 Å². The summed E-state index contributed by atoms with van der Waals surface area (Å²) in [6.45, 7) is 4.78. The molecule has 17 heavy (non-hydrogen) atoms. The van der Waals surface area contributed by atoms with Gasteiger partial charge in [-0.05, 0) is 43.5 Å². The van der Waals surface area contributed by atoms with E-state index < -0.39 is 11.7 Å². The van der Waals surface area contributed by atoms with E-state index in [1.165, 1.54) is 12.1 Å². The molecule has 1 saturated heterocycles. The van der Waals surface area contributed by atoms with Crippen molar-refractivity contribution < 1.29 is 13.2 Å². The maximum Gasteiger partial charge on any atom is 0.416 e. The molecule has 1 nitrogen and oxygen atoms in total. The van der Waals surface area contributed by atoms with Crippen LogP contribution in [0.25, 0.3) is 0 Å². The topological polar surface area (TPSA) is 3.24 Å². The van der Waals surface area contributed by atoms with Gasteiger partial charge in [0.25, 0.3) is 0 Å². The number of hydrogen-bond acceptors (Lipinski definition) is 1. The van der Waals surface area contributed by atoms with Crippen LogP contribution < -0.4 is 4.90 Å². The van der Waals surface area contributed by atoms with Gasteiger partial charge in [-0.2, -0.15) is 13.2 Å². The first-order valence-corrected chi connectivity index (χ1v) is 5.61. The van der Waals surface area contributed by atoms with Crippen LogP contribution in [0.1, 0.15) is 24.8 Å². The first kappa shape index (κ1) is 12.0. The van der Waals surface area contributed by atoms with Gasteiger partial charge in [-0.25, -0.2) is 0 Å². The highest BCUT2D eigenvalue weighted by Crippen LogP contribution is 2.32. The molecule has 1 aliphatic rings. The summed E-state index contributed by atoms with van der Waals surface area (Å²) in [7, 11) is 0. The van der Waals surface area contributed by atoms with Gasteiger partial charge in [-0.3, -0.25) is 0 Å². The van der Waals surface area contributed by atoms with Gasteiger partial charge in [0.05, 0.1) is 5.56 Å². The van der Waals surface area contributed by atoms with Crippen molar-refractivity contribution in [3.05, 3.63) is 42.1 Å². The monoisotopic (exact) mass is 241 g/mol. The van der Waals surface area contributed by atoms with E-state index in [9.17, 15) is 13.2 Å². The normalized spacial score (nSPS) is 17.4. The quantitative estimate of drug-likeness (QED) is 0.712. The molecule has 0 spiro atoms. The molecular formula is C13H14F3N. The van der Waals surface area contributed by atoms with Crippen LogP contribution in [0.15, 0.2) is 36.5 Å². The molecule has 0 aromatic heterocycles. The highest BCUT2D eigenvalue weighted by Gasteiger charge is 2.30. The lowest BCUT2D eigenvalue weighted by atomic mass is 10.1. The number of nitrogens with zero attached hydrogens (tertiary/aromatic N) is 1. The zero-order valence-electron chi connectivity index (χ0n) is 9.43. The molecule has 92 valence electrons. The number of rotatable bonds is 1. The molecular weight excluding hydrogens is 227 g/mol. The number of allylic oxidation sites excluding steroid dienone is 1. The molecule has 0 aliphatic carbocycles. The lowest BCUT2D eigenvalue weighted by Gasteiger charge is -2.31. The Hall–Kier alpha value is -1.45. The molecule has 0 saturated carbocycles. The van der Waals surface area contributed by atoms with Crippen molar-refractivity contribution in [2.45, 2.75) is 25.4 Å². The molecule has 1 aromatic carbocycles. The Balaban J connectivity index is 2.20. The Morgan fingerprint density at radius 3 is 2.24 bits per heavy atom. The molecule has 0 amide bonds. The fourth-order valence-corrected chi connectivity index (χ4v) is 2.03. The van der Waals surface area contributed by atoms with Crippen LogP contribution in [-0.2, 0) is 6.18 Å². The first-order chi connectivity index (χ1) is 7.98. The van der Waals surface area contributed by atoms with Crippen molar-refractivity contribution in [3.63, 3.8) is 0 Å². The van der Waals surface area contributed by atoms with Gasteiger partial charge in [-0.15, -0.1) is 0 Å². The average Bonchev–Trinajstić information content (AvgIpc) is 2.29. The van der Waals surface area contributed by atoms with E-state index in [1.54, 1.807) is 0 Å². The van der Waals surface area contributed by atoms with E-state index in [-0.39, 0.29) is 0 Å². The van der Waals surface area contributed by atoms with E-state index in [0.29, 0.717) is 0 Å². The maximum atomic E-state index is 12.4. The Morgan fingerprint density at radius 1 is 1.06 bits per heavy atom. The predicted molar refractivity (Wildman–Crippen MR) is 61.8 cm³/mol. The summed E-state index contributed by atoms with van der Waals surface area (Å²) in [6, 6.07) is 5.27. The minimum atomic E-state index is -4.27. The third-order valence-corrected chi connectivity index (χ3v) is 2.99. The van der Waals surface area contributed by atoms with Crippen LogP contribution in [0, 0.1) is 0 Å². The minimum Gasteiger partial charge on any atom is -0.346 e. The first-order valence-electron chi connectivity index (χ1n) is 5.61. The second kappa shape index (κ2) is 4.43. The summed E-state index contributed by atoms with van der Waals surface area (Å²) in [5, 5.41) is 0. The SMILES string of the molecule is C=C1CCCCN1c1ccc(C(F)(F)F)cc1. The van der Waals surface area contributed by atoms with Gasteiger partial charge in [0, 0.05) is 17.9 Å². The van der Waals surface area contributed by atoms with Crippen molar-refractivity contribution in [2.24, 2.45) is 0 Å². The van der Waals surface area contributed by atoms with Crippen molar-refractivity contribution in [1.29, 1.82) is 0 Å². The van der Waals surface area contributed by atoms with E-state index in [2.05, 4.69) is 6.58 Å². The number of halogens is 3. The van der Waals surface area contributed by atoms with Crippen LogP contribution in [0.3, 0.4) is 0 Å². The Morgan fingerprint density at radius 2 is 1.71 bits per heavy atom. The third kappa shape index (κ3) is 2.62. The van der Waals surface area contributed by atoms with E-state index in [1.807, 2.05) is 4.90 Å². The summed E-state index contributed by atoms with van der Waals surface area (Å²) < 4.78 is 37.2. The third-order valence-electron chi connectivity index (χ3n) is 2.99. The van der Waals surface area contributed by atoms with Gasteiger partial charge >= 0.3 is 6.18 Å². The second-order valence-corrected chi connectivity index (χ2v) is 4.22. The largest absolute Gasteiger partial charge is 0.416 e. The molecule has 4 heteroatoms. The van der Waals surface area contributed by atoms with Crippen LogP contribution in [0.4, 0.5) is 18.9 Å². The maximum absolute atomic E-state index is 12.4. The Kier molecular flexibility index (Phi) is 3.13. The molecule has 1 aliphatic heterocycles. The van der Waals surface area contributed by atoms with Crippen LogP contribution >= 0.6 is 0 Å².